The van der Waals surface area contributed by atoms with Crippen molar-refractivity contribution in [2.45, 2.75) is 46.2 Å². The van der Waals surface area contributed by atoms with Crippen LogP contribution in [0.3, 0.4) is 0 Å². The van der Waals surface area contributed by atoms with E-state index in [4.69, 9.17) is 4.98 Å². The Balaban J connectivity index is 1.69. The van der Waals surface area contributed by atoms with Crippen LogP contribution in [0.15, 0.2) is 83.7 Å². The molecule has 1 aromatic heterocycles. The van der Waals surface area contributed by atoms with Crippen molar-refractivity contribution in [2.24, 2.45) is 0 Å². The van der Waals surface area contributed by atoms with Gasteiger partial charge in [-0.3, -0.25) is 9.36 Å². The predicted octanol–water partition coefficient (Wildman–Crippen LogP) is 5.82. The third kappa shape index (κ3) is 5.43. The maximum Gasteiger partial charge on any atom is 0.322 e. The Kier molecular flexibility index (Phi) is 7.60. The highest BCUT2D eigenvalue weighted by atomic mass is 16.2. The van der Waals surface area contributed by atoms with Gasteiger partial charge in [-0.1, -0.05) is 61.5 Å². The lowest BCUT2D eigenvalue weighted by Crippen LogP contribution is -2.41. The molecule has 1 unspecified atom stereocenters. The van der Waals surface area contributed by atoms with Crippen LogP contribution >= 0.6 is 0 Å². The molecule has 0 saturated heterocycles. The lowest BCUT2D eigenvalue weighted by Gasteiger charge is -2.30. The number of benzene rings is 3. The number of carbonyl (C=O) groups excluding carboxylic acids is 1. The number of nitrogens with zero attached hydrogens (tertiary/aromatic N) is 3. The van der Waals surface area contributed by atoms with Gasteiger partial charge in [-0.2, -0.15) is 0 Å². The normalized spacial score (nSPS) is 11.9. The molecule has 0 spiro atoms. The van der Waals surface area contributed by atoms with Crippen LogP contribution in [-0.4, -0.2) is 27.0 Å². The Morgan fingerprint density at radius 3 is 2.31 bits per heavy atom. The van der Waals surface area contributed by atoms with Crippen LogP contribution in [-0.2, 0) is 19.4 Å². The summed E-state index contributed by atoms with van der Waals surface area (Å²) in [5.74, 6) is 0.584. The quantitative estimate of drug-likeness (QED) is 0.354. The summed E-state index contributed by atoms with van der Waals surface area (Å²) in [5, 5.41) is 3.63. The topological polar surface area (TPSA) is 67.2 Å². The molecular weight excluding hydrogens is 436 g/mol. The van der Waals surface area contributed by atoms with Gasteiger partial charge >= 0.3 is 6.03 Å². The van der Waals surface area contributed by atoms with Gasteiger partial charge in [0, 0.05) is 18.8 Å². The second-order valence-electron chi connectivity index (χ2n) is 8.62. The molecule has 4 rings (SSSR count). The van der Waals surface area contributed by atoms with E-state index >= 15 is 0 Å². The first-order chi connectivity index (χ1) is 17.0. The van der Waals surface area contributed by atoms with Crippen molar-refractivity contribution in [3.63, 3.8) is 0 Å². The summed E-state index contributed by atoms with van der Waals surface area (Å²) in [5.41, 5.74) is 3.65. The smallest absolute Gasteiger partial charge is 0.314 e. The molecule has 1 heterocycles. The second-order valence-corrected chi connectivity index (χ2v) is 8.62. The van der Waals surface area contributed by atoms with Gasteiger partial charge in [0.2, 0.25) is 0 Å². The van der Waals surface area contributed by atoms with Gasteiger partial charge in [-0.25, -0.2) is 9.78 Å². The van der Waals surface area contributed by atoms with Crippen LogP contribution in [0.1, 0.15) is 43.8 Å². The molecule has 2 amide bonds. The fourth-order valence-corrected chi connectivity index (χ4v) is 4.33. The third-order valence-corrected chi connectivity index (χ3v) is 6.41. The van der Waals surface area contributed by atoms with E-state index in [9.17, 15) is 9.59 Å². The number of hydrogen-bond donors (Lipinski definition) is 1. The highest BCUT2D eigenvalue weighted by Gasteiger charge is 2.26. The molecule has 0 saturated carbocycles. The molecule has 6 heteroatoms. The van der Waals surface area contributed by atoms with Crippen molar-refractivity contribution in [1.29, 1.82) is 0 Å². The zero-order chi connectivity index (χ0) is 24.8. The van der Waals surface area contributed by atoms with E-state index in [1.165, 1.54) is 5.56 Å². The second kappa shape index (κ2) is 11.0. The molecule has 0 bridgehead atoms. The number of urea groups is 1. The molecule has 4 aromatic rings. The maximum atomic E-state index is 13.6. The molecule has 0 aliphatic carbocycles. The van der Waals surface area contributed by atoms with Crippen LogP contribution in [0.2, 0.25) is 0 Å². The van der Waals surface area contributed by atoms with Crippen LogP contribution < -0.4 is 10.9 Å². The van der Waals surface area contributed by atoms with Crippen molar-refractivity contribution in [2.75, 3.05) is 11.9 Å². The van der Waals surface area contributed by atoms with Crippen LogP contribution in [0.4, 0.5) is 10.5 Å². The Morgan fingerprint density at radius 1 is 0.943 bits per heavy atom. The zero-order valence-corrected chi connectivity index (χ0v) is 20.6. The van der Waals surface area contributed by atoms with E-state index in [0.717, 1.165) is 17.7 Å². The molecule has 1 N–H and O–H groups in total. The van der Waals surface area contributed by atoms with Crippen LogP contribution in [0.25, 0.3) is 10.9 Å². The van der Waals surface area contributed by atoms with Crippen LogP contribution in [0, 0.1) is 0 Å². The molecule has 180 valence electrons. The van der Waals surface area contributed by atoms with E-state index in [-0.39, 0.29) is 11.6 Å². The SMILES string of the molecule is CCc1ccc(NC(=O)N(CCc2ccccc2)C(C)c2nc3ccccc3c(=O)n2CC)cc1. The number of aryl methyl sites for hydroxylation is 1. The van der Waals surface area contributed by atoms with Crippen LogP contribution in [0.5, 0.6) is 0 Å². The standard InChI is InChI=1S/C29H32N4O2/c1-4-22-15-17-24(18-16-22)30-29(35)33(20-19-23-11-7-6-8-12-23)21(3)27-31-26-14-10-9-13-25(26)28(34)32(27)5-2/h6-18,21H,4-5,19-20H2,1-3H3,(H,30,35). The van der Waals surface area contributed by atoms with E-state index in [1.54, 1.807) is 15.5 Å². The zero-order valence-electron chi connectivity index (χ0n) is 20.6. The van der Waals surface area contributed by atoms with Crippen molar-refractivity contribution in [1.82, 2.24) is 14.5 Å². The maximum absolute atomic E-state index is 13.6. The van der Waals surface area contributed by atoms with Gasteiger partial charge in [0.05, 0.1) is 16.9 Å². The molecule has 1 atom stereocenters. The molecule has 0 fully saturated rings. The minimum Gasteiger partial charge on any atom is -0.314 e. The van der Waals surface area contributed by atoms with Crippen molar-refractivity contribution < 1.29 is 4.79 Å². The summed E-state index contributed by atoms with van der Waals surface area (Å²) in [6.45, 7) is 6.93. The van der Waals surface area contributed by atoms with Crippen molar-refractivity contribution in [3.05, 3.63) is 106 Å². The van der Waals surface area contributed by atoms with Crippen molar-refractivity contribution >= 4 is 22.6 Å². The molecular formula is C29H32N4O2. The number of anilines is 1. The monoisotopic (exact) mass is 468 g/mol. The Hall–Kier alpha value is -3.93. The first-order valence-corrected chi connectivity index (χ1v) is 12.2. The number of aromatic nitrogens is 2. The Morgan fingerprint density at radius 2 is 1.63 bits per heavy atom. The van der Waals surface area contributed by atoms with Gasteiger partial charge < -0.3 is 10.2 Å². The van der Waals surface area contributed by atoms with E-state index in [0.29, 0.717) is 36.2 Å². The van der Waals surface area contributed by atoms with Gasteiger partial charge in [0.25, 0.3) is 5.56 Å². The van der Waals surface area contributed by atoms with E-state index < -0.39 is 6.04 Å². The molecule has 3 aromatic carbocycles. The minimum absolute atomic E-state index is 0.0847. The number of carbonyl (C=O) groups is 1. The number of para-hydroxylation sites is 1. The van der Waals surface area contributed by atoms with Crippen molar-refractivity contribution in [3.8, 4) is 0 Å². The Labute approximate surface area is 206 Å². The highest BCUT2D eigenvalue weighted by molar-refractivity contribution is 5.89. The summed E-state index contributed by atoms with van der Waals surface area (Å²) in [7, 11) is 0. The summed E-state index contributed by atoms with van der Waals surface area (Å²) < 4.78 is 1.67. The summed E-state index contributed by atoms with van der Waals surface area (Å²) in [4.78, 5) is 33.4. The average molecular weight is 469 g/mol. The average Bonchev–Trinajstić information content (AvgIpc) is 2.89. The number of nitrogens with one attached hydrogen (secondary N) is 1. The largest absolute Gasteiger partial charge is 0.322 e. The molecule has 0 aliphatic heterocycles. The van der Waals surface area contributed by atoms with Gasteiger partial charge in [0.1, 0.15) is 5.82 Å². The lowest BCUT2D eigenvalue weighted by molar-refractivity contribution is 0.189. The fraction of sp³-hybridized carbons (Fsp3) is 0.276. The van der Waals surface area contributed by atoms with Gasteiger partial charge in [-0.15, -0.1) is 0 Å². The Bertz CT molecular complexity index is 1350. The number of rotatable bonds is 8. The molecule has 0 radical (unpaired) electrons. The molecule has 6 nitrogen and oxygen atoms in total. The fourth-order valence-electron chi connectivity index (χ4n) is 4.33. The lowest BCUT2D eigenvalue weighted by atomic mass is 10.1. The van der Waals surface area contributed by atoms with E-state index in [2.05, 4.69) is 24.4 Å². The summed E-state index contributed by atoms with van der Waals surface area (Å²) >= 11 is 0. The summed E-state index contributed by atoms with van der Waals surface area (Å²) in [6, 6.07) is 24.7. The number of fused-ring (bicyclic) bond motifs is 1. The molecule has 0 aliphatic rings. The van der Waals surface area contributed by atoms with E-state index in [1.807, 2.05) is 74.5 Å². The van der Waals surface area contributed by atoms with Gasteiger partial charge in [0.15, 0.2) is 0 Å². The first-order valence-electron chi connectivity index (χ1n) is 12.2. The van der Waals surface area contributed by atoms with Gasteiger partial charge in [-0.05, 0) is 62.1 Å². The summed E-state index contributed by atoms with van der Waals surface area (Å²) in [6.07, 6.45) is 1.63. The first kappa shape index (κ1) is 24.2. The number of hydrogen-bond acceptors (Lipinski definition) is 3. The highest BCUT2D eigenvalue weighted by Crippen LogP contribution is 2.22. The minimum atomic E-state index is -0.411. The molecule has 35 heavy (non-hydrogen) atoms. The third-order valence-electron chi connectivity index (χ3n) is 6.41. The number of amides is 2. The predicted molar refractivity (Wildman–Crippen MR) is 142 cm³/mol.